The first-order chi connectivity index (χ1) is 16.8. The van der Waals surface area contributed by atoms with Crippen LogP contribution in [0.3, 0.4) is 0 Å². The number of rotatable bonds is 7. The molecule has 4 aromatic carbocycles. The first-order valence-electron chi connectivity index (χ1n) is 11.5. The van der Waals surface area contributed by atoms with E-state index in [9.17, 15) is 0 Å². The van der Waals surface area contributed by atoms with Crippen LogP contribution in [-0.2, 0) is 0 Å². The zero-order chi connectivity index (χ0) is 22.4. The molecule has 0 amide bonds. The molecular formula is C29H18O5. The van der Waals surface area contributed by atoms with E-state index in [0.29, 0.717) is 6.61 Å². The summed E-state index contributed by atoms with van der Waals surface area (Å²) in [6.07, 6.45) is 0.942. The molecule has 0 fully saturated rings. The Bertz CT molecular complexity index is 1540. The van der Waals surface area contributed by atoms with E-state index in [1.165, 1.54) is 0 Å². The number of para-hydroxylation sites is 3. The third-order valence-corrected chi connectivity index (χ3v) is 6.48. The van der Waals surface area contributed by atoms with Crippen LogP contribution < -0.4 is 23.7 Å². The van der Waals surface area contributed by atoms with Gasteiger partial charge in [0.05, 0.1) is 6.61 Å². The monoisotopic (exact) mass is 446 g/mol. The zero-order valence-corrected chi connectivity index (χ0v) is 18.3. The number of benzene rings is 4. The third kappa shape index (κ3) is 2.61. The van der Waals surface area contributed by atoms with Crippen LogP contribution in [0, 0.1) is 0 Å². The molecule has 5 nitrogen and oxygen atoms in total. The van der Waals surface area contributed by atoms with E-state index in [2.05, 4.69) is 31.2 Å². The SMILES string of the molecule is CCCOc1ccc(C(=C(c2cccc3c2O3)c2cccc3c2O3)c2cccc3c2O3)c2c1O2. The van der Waals surface area contributed by atoms with Gasteiger partial charge in [-0.25, -0.2) is 0 Å². The van der Waals surface area contributed by atoms with Crippen molar-refractivity contribution in [1.29, 1.82) is 0 Å². The van der Waals surface area contributed by atoms with Gasteiger partial charge in [0.25, 0.3) is 0 Å². The number of hydrogen-bond acceptors (Lipinski definition) is 5. The van der Waals surface area contributed by atoms with Crippen molar-refractivity contribution < 1.29 is 23.7 Å². The van der Waals surface area contributed by atoms with E-state index in [4.69, 9.17) is 23.7 Å². The van der Waals surface area contributed by atoms with Gasteiger partial charge < -0.3 is 23.7 Å². The van der Waals surface area contributed by atoms with Crippen LogP contribution >= 0.6 is 0 Å². The van der Waals surface area contributed by atoms with Gasteiger partial charge in [0, 0.05) is 33.4 Å². The van der Waals surface area contributed by atoms with Crippen LogP contribution in [-0.4, -0.2) is 6.61 Å². The Morgan fingerprint density at radius 1 is 0.559 bits per heavy atom. The molecule has 0 aromatic heterocycles. The lowest BCUT2D eigenvalue weighted by atomic mass is 9.85. The van der Waals surface area contributed by atoms with Gasteiger partial charge >= 0.3 is 0 Å². The highest BCUT2D eigenvalue weighted by Crippen LogP contribution is 2.63. The highest BCUT2D eigenvalue weighted by Gasteiger charge is 2.39. The molecule has 0 aliphatic carbocycles. The fourth-order valence-corrected chi connectivity index (χ4v) is 4.74. The summed E-state index contributed by atoms with van der Waals surface area (Å²) < 4.78 is 29.4. The fraction of sp³-hybridized carbons (Fsp3) is 0.103. The van der Waals surface area contributed by atoms with Crippen molar-refractivity contribution in [3.05, 3.63) is 89.0 Å². The minimum absolute atomic E-state index is 0.657. The summed E-state index contributed by atoms with van der Waals surface area (Å²) >= 11 is 0. The van der Waals surface area contributed by atoms with Gasteiger partial charge in [-0.3, -0.25) is 0 Å². The first kappa shape index (κ1) is 18.1. The third-order valence-electron chi connectivity index (χ3n) is 6.48. The maximum atomic E-state index is 6.00. The van der Waals surface area contributed by atoms with Gasteiger partial charge in [0.1, 0.15) is 0 Å². The summed E-state index contributed by atoms with van der Waals surface area (Å²) in [6, 6.07) is 22.4. The standard InChI is InChI=1S/C29H18O5/c1-2-14-30-19-13-12-18(28-29(19)34-28)24(17-8-5-11-22-27(17)33-22)23(15-6-3-9-20-25(15)31-20)16-7-4-10-21-26(16)32-21/h3-13H,2,14H2,1H3. The van der Waals surface area contributed by atoms with Crippen molar-refractivity contribution in [2.24, 2.45) is 0 Å². The van der Waals surface area contributed by atoms with Crippen LogP contribution in [0.4, 0.5) is 0 Å². The lowest BCUT2D eigenvalue weighted by Crippen LogP contribution is -1.96. The molecular weight excluding hydrogens is 428 g/mol. The van der Waals surface area contributed by atoms with Gasteiger partial charge in [-0.05, 0) is 36.8 Å². The van der Waals surface area contributed by atoms with Crippen molar-refractivity contribution in [2.45, 2.75) is 13.3 Å². The fourth-order valence-electron chi connectivity index (χ4n) is 4.74. The molecule has 0 bridgehead atoms. The van der Waals surface area contributed by atoms with Gasteiger partial charge in [-0.2, -0.15) is 0 Å². The summed E-state index contributed by atoms with van der Waals surface area (Å²) in [7, 11) is 0. The molecule has 0 N–H and O–H groups in total. The number of fused-ring (bicyclic) bond motifs is 4. The first-order valence-corrected chi connectivity index (χ1v) is 11.5. The maximum Gasteiger partial charge on any atom is 0.212 e. The van der Waals surface area contributed by atoms with Gasteiger partial charge in [0.15, 0.2) is 46.0 Å². The molecule has 0 spiro atoms. The molecule has 4 aliphatic heterocycles. The predicted molar refractivity (Wildman–Crippen MR) is 127 cm³/mol. The van der Waals surface area contributed by atoms with Crippen molar-refractivity contribution in [3.63, 3.8) is 0 Å². The largest absolute Gasteiger partial charge is 0.490 e. The minimum atomic E-state index is 0.657. The van der Waals surface area contributed by atoms with Crippen molar-refractivity contribution in [3.8, 4) is 51.7 Å². The molecule has 4 heterocycles. The van der Waals surface area contributed by atoms with Gasteiger partial charge in [-0.1, -0.05) is 43.3 Å². The molecule has 0 saturated heterocycles. The topological polar surface area (TPSA) is 59.4 Å². The van der Waals surface area contributed by atoms with E-state index >= 15 is 0 Å². The van der Waals surface area contributed by atoms with E-state index in [1.807, 2.05) is 42.5 Å². The van der Waals surface area contributed by atoms with Gasteiger partial charge in [-0.15, -0.1) is 0 Å². The van der Waals surface area contributed by atoms with E-state index in [1.54, 1.807) is 0 Å². The molecule has 164 valence electrons. The maximum absolute atomic E-state index is 6.00. The normalized spacial score (nSPS) is 13.4. The molecule has 0 saturated carbocycles. The zero-order valence-electron chi connectivity index (χ0n) is 18.3. The Hall–Kier alpha value is -4.38. The molecule has 5 heteroatoms. The molecule has 0 unspecified atom stereocenters. The molecule has 0 atom stereocenters. The Morgan fingerprint density at radius 3 is 1.56 bits per heavy atom. The molecule has 0 radical (unpaired) electrons. The highest BCUT2D eigenvalue weighted by molar-refractivity contribution is 6.11. The van der Waals surface area contributed by atoms with E-state index in [-0.39, 0.29) is 0 Å². The van der Waals surface area contributed by atoms with Crippen molar-refractivity contribution in [1.82, 2.24) is 0 Å². The van der Waals surface area contributed by atoms with Crippen LogP contribution in [0.25, 0.3) is 11.1 Å². The van der Waals surface area contributed by atoms with Crippen molar-refractivity contribution in [2.75, 3.05) is 6.61 Å². The van der Waals surface area contributed by atoms with Gasteiger partial charge in [0.2, 0.25) is 5.75 Å². The lowest BCUT2D eigenvalue weighted by molar-refractivity contribution is 0.314. The molecule has 4 aromatic rings. The van der Waals surface area contributed by atoms with Crippen LogP contribution in [0.2, 0.25) is 0 Å². The van der Waals surface area contributed by atoms with E-state index in [0.717, 1.165) is 91.6 Å². The second-order valence-corrected chi connectivity index (χ2v) is 8.67. The summed E-state index contributed by atoms with van der Waals surface area (Å²) in [6.45, 7) is 2.75. The number of ether oxygens (including phenoxy) is 5. The Balaban J connectivity index is 1.43. The Kier molecular flexibility index (Phi) is 3.38. The summed E-state index contributed by atoms with van der Waals surface area (Å²) in [5, 5.41) is 0. The molecule has 8 rings (SSSR count). The lowest BCUT2D eigenvalue weighted by Gasteiger charge is -2.15. The quantitative estimate of drug-likeness (QED) is 0.184. The highest BCUT2D eigenvalue weighted by atomic mass is 16.6. The number of hydrogen-bond donors (Lipinski definition) is 0. The summed E-state index contributed by atoms with van der Waals surface area (Å²) in [4.78, 5) is 0. The van der Waals surface area contributed by atoms with E-state index < -0.39 is 0 Å². The van der Waals surface area contributed by atoms with Crippen LogP contribution in [0.15, 0.2) is 66.7 Å². The molecule has 34 heavy (non-hydrogen) atoms. The van der Waals surface area contributed by atoms with Crippen LogP contribution in [0.1, 0.15) is 35.6 Å². The summed E-state index contributed by atoms with van der Waals surface area (Å²) in [5.41, 5.74) is 6.12. The molecule has 4 aliphatic rings. The smallest absolute Gasteiger partial charge is 0.212 e. The predicted octanol–water partition coefficient (Wildman–Crippen LogP) is 7.91. The average Bonchev–Trinajstić information content (AvgIpc) is 3.68. The summed E-state index contributed by atoms with van der Waals surface area (Å²) in [5.74, 6) is 7.84. The van der Waals surface area contributed by atoms with Crippen LogP contribution in [0.5, 0.6) is 51.7 Å². The second-order valence-electron chi connectivity index (χ2n) is 8.67. The minimum Gasteiger partial charge on any atom is -0.490 e. The average molecular weight is 446 g/mol. The van der Waals surface area contributed by atoms with Crippen molar-refractivity contribution >= 4 is 11.1 Å². The Labute approximate surface area is 195 Å². The Morgan fingerprint density at radius 2 is 1.06 bits per heavy atom. The second kappa shape index (κ2) is 6.35.